The number of benzene rings is 3. The molecule has 1 spiro atoms. The molecule has 2 amide bonds. The monoisotopic (exact) mass is 420 g/mol. The van der Waals surface area contributed by atoms with Gasteiger partial charge in [-0.2, -0.15) is 10.5 Å². The second-order valence-electron chi connectivity index (χ2n) is 8.22. The van der Waals surface area contributed by atoms with Crippen molar-refractivity contribution in [2.75, 3.05) is 23.0 Å². The van der Waals surface area contributed by atoms with Gasteiger partial charge in [-0.25, -0.2) is 4.79 Å². The number of rotatable bonds is 3. The summed E-state index contributed by atoms with van der Waals surface area (Å²) in [7, 11) is 0. The third kappa shape index (κ3) is 2.93. The Morgan fingerprint density at radius 1 is 0.906 bits per heavy atom. The van der Waals surface area contributed by atoms with Crippen LogP contribution < -0.4 is 9.80 Å². The molecule has 1 atom stereocenters. The van der Waals surface area contributed by atoms with Crippen LogP contribution in [0.5, 0.6) is 0 Å². The van der Waals surface area contributed by atoms with Crippen molar-refractivity contribution in [3.63, 3.8) is 0 Å². The maximum absolute atomic E-state index is 14.0. The fourth-order valence-corrected chi connectivity index (χ4v) is 4.62. The number of aryl methyl sites for hydroxylation is 1. The van der Waals surface area contributed by atoms with E-state index in [2.05, 4.69) is 12.1 Å². The highest BCUT2D eigenvalue weighted by atomic mass is 16.5. The molecule has 3 aromatic rings. The molecule has 2 heterocycles. The Morgan fingerprint density at radius 3 is 2.16 bits per heavy atom. The minimum absolute atomic E-state index is 0.158. The first-order chi connectivity index (χ1) is 15.6. The minimum atomic E-state index is -0.603. The van der Waals surface area contributed by atoms with Crippen molar-refractivity contribution < 1.29 is 9.53 Å². The van der Waals surface area contributed by atoms with Gasteiger partial charge >= 0.3 is 6.03 Å². The lowest BCUT2D eigenvalue weighted by molar-refractivity contribution is -0.0580. The minimum Gasteiger partial charge on any atom is -0.376 e. The van der Waals surface area contributed by atoms with E-state index < -0.39 is 5.54 Å². The Hall–Kier alpha value is -4.13. The van der Waals surface area contributed by atoms with Gasteiger partial charge in [0.1, 0.15) is 5.54 Å². The second kappa shape index (κ2) is 7.53. The molecule has 2 aliphatic rings. The van der Waals surface area contributed by atoms with Crippen LogP contribution >= 0.6 is 0 Å². The van der Waals surface area contributed by atoms with Crippen LogP contribution in [0.15, 0.2) is 72.8 Å². The fourth-order valence-electron chi connectivity index (χ4n) is 4.62. The molecule has 5 rings (SSSR count). The third-order valence-corrected chi connectivity index (χ3v) is 6.21. The lowest BCUT2D eigenvalue weighted by Crippen LogP contribution is -2.62. The first kappa shape index (κ1) is 19.8. The number of nitrogens with zero attached hydrogens (tertiary/aromatic N) is 4. The summed E-state index contributed by atoms with van der Waals surface area (Å²) in [5, 5.41) is 18.6. The van der Waals surface area contributed by atoms with Crippen LogP contribution in [0.2, 0.25) is 0 Å². The number of ether oxygens (including phenoxy) is 1. The van der Waals surface area contributed by atoms with Crippen molar-refractivity contribution in [3.05, 3.63) is 95.1 Å². The number of carbonyl (C=O) groups excluding carboxylic acids is 1. The summed E-state index contributed by atoms with van der Waals surface area (Å²) in [6.45, 7) is 2.79. The zero-order valence-corrected chi connectivity index (χ0v) is 17.5. The SMILES string of the molecule is Cc1ccc(N2C(=O)N(c3ccc(C#N)cc3)C(c3cccc(C#N)c3)C23COC3)cc1. The van der Waals surface area contributed by atoms with Gasteiger partial charge in [0.05, 0.1) is 42.5 Å². The van der Waals surface area contributed by atoms with Crippen LogP contribution in [-0.2, 0) is 4.74 Å². The average molecular weight is 420 g/mol. The quantitative estimate of drug-likeness (QED) is 0.615. The predicted octanol–water partition coefficient (Wildman–Crippen LogP) is 4.70. The Morgan fingerprint density at radius 2 is 1.56 bits per heavy atom. The van der Waals surface area contributed by atoms with Crippen LogP contribution in [0.4, 0.5) is 16.2 Å². The number of nitriles is 2. The van der Waals surface area contributed by atoms with Crippen molar-refractivity contribution in [1.29, 1.82) is 10.5 Å². The molecule has 6 heteroatoms. The molecule has 32 heavy (non-hydrogen) atoms. The molecular formula is C26H20N4O2. The zero-order valence-electron chi connectivity index (χ0n) is 17.5. The normalized spacial score (nSPS) is 18.8. The number of hydrogen-bond acceptors (Lipinski definition) is 4. The smallest absolute Gasteiger partial charge is 0.330 e. The second-order valence-corrected chi connectivity index (χ2v) is 8.22. The van der Waals surface area contributed by atoms with Gasteiger partial charge in [-0.15, -0.1) is 0 Å². The zero-order chi connectivity index (χ0) is 22.3. The van der Waals surface area contributed by atoms with Crippen molar-refractivity contribution in [2.24, 2.45) is 0 Å². The lowest BCUT2D eigenvalue weighted by Gasteiger charge is -2.47. The summed E-state index contributed by atoms with van der Waals surface area (Å²) in [6, 6.07) is 26.1. The molecule has 0 radical (unpaired) electrons. The van der Waals surface area contributed by atoms with E-state index in [1.165, 1.54) is 0 Å². The summed E-state index contributed by atoms with van der Waals surface area (Å²) in [4.78, 5) is 17.6. The fraction of sp³-hybridized carbons (Fsp3) is 0.192. The van der Waals surface area contributed by atoms with Crippen molar-refractivity contribution in [2.45, 2.75) is 18.5 Å². The molecule has 3 aromatic carbocycles. The summed E-state index contributed by atoms with van der Waals surface area (Å²) >= 11 is 0. The van der Waals surface area contributed by atoms with E-state index in [-0.39, 0.29) is 12.1 Å². The summed E-state index contributed by atoms with van der Waals surface area (Å²) in [6.07, 6.45) is 0. The highest BCUT2D eigenvalue weighted by Gasteiger charge is 2.63. The molecule has 2 saturated heterocycles. The van der Waals surface area contributed by atoms with Gasteiger partial charge in [-0.1, -0.05) is 29.8 Å². The third-order valence-electron chi connectivity index (χ3n) is 6.21. The van der Waals surface area contributed by atoms with Gasteiger partial charge in [0.25, 0.3) is 0 Å². The van der Waals surface area contributed by atoms with Crippen molar-refractivity contribution in [1.82, 2.24) is 0 Å². The van der Waals surface area contributed by atoms with Gasteiger partial charge in [-0.3, -0.25) is 9.80 Å². The van der Waals surface area contributed by atoms with Crippen molar-refractivity contribution >= 4 is 17.4 Å². The van der Waals surface area contributed by atoms with E-state index >= 15 is 0 Å². The van der Waals surface area contributed by atoms with E-state index in [1.807, 2.05) is 54.3 Å². The predicted molar refractivity (Wildman–Crippen MR) is 120 cm³/mol. The van der Waals surface area contributed by atoms with Crippen LogP contribution in [0.1, 0.15) is 28.3 Å². The molecular weight excluding hydrogens is 400 g/mol. The van der Waals surface area contributed by atoms with E-state index in [9.17, 15) is 15.3 Å². The first-order valence-corrected chi connectivity index (χ1v) is 10.4. The van der Waals surface area contributed by atoms with Gasteiger partial charge in [0.15, 0.2) is 0 Å². The average Bonchev–Trinajstić information content (AvgIpc) is 3.09. The standard InChI is InChI=1S/C26H20N4O2/c1-18-5-9-23(10-6-18)30-25(31)29(22-11-7-19(14-27)8-12-22)24(26(30)16-32-17-26)21-4-2-3-20(13-21)15-28/h2-13,24H,16-17H2,1H3. The number of urea groups is 1. The van der Waals surface area contributed by atoms with Crippen LogP contribution in [0.25, 0.3) is 0 Å². The lowest BCUT2D eigenvalue weighted by atomic mass is 9.82. The van der Waals surface area contributed by atoms with Gasteiger partial charge < -0.3 is 4.74 Å². The highest BCUT2D eigenvalue weighted by Crippen LogP contribution is 2.51. The molecule has 6 nitrogen and oxygen atoms in total. The number of anilines is 2. The Kier molecular flexibility index (Phi) is 4.66. The Bertz CT molecular complexity index is 1260. The summed E-state index contributed by atoms with van der Waals surface area (Å²) in [5.41, 5.74) is 3.96. The van der Waals surface area contributed by atoms with Crippen LogP contribution in [0.3, 0.4) is 0 Å². The molecule has 0 aliphatic carbocycles. The molecule has 156 valence electrons. The Balaban J connectivity index is 1.70. The van der Waals surface area contributed by atoms with Crippen molar-refractivity contribution in [3.8, 4) is 12.1 Å². The van der Waals surface area contributed by atoms with E-state index in [4.69, 9.17) is 4.74 Å². The van der Waals surface area contributed by atoms with E-state index in [0.29, 0.717) is 30.0 Å². The molecule has 0 N–H and O–H groups in total. The van der Waals surface area contributed by atoms with E-state index in [1.54, 1.807) is 35.2 Å². The summed E-state index contributed by atoms with van der Waals surface area (Å²) < 4.78 is 5.68. The van der Waals surface area contributed by atoms with E-state index in [0.717, 1.165) is 16.8 Å². The topological polar surface area (TPSA) is 80.4 Å². The molecule has 0 bridgehead atoms. The van der Waals surface area contributed by atoms with Gasteiger partial charge in [0, 0.05) is 11.4 Å². The number of carbonyl (C=O) groups is 1. The Labute approximate surface area is 186 Å². The molecule has 2 aliphatic heterocycles. The van der Waals surface area contributed by atoms with Gasteiger partial charge in [0.2, 0.25) is 0 Å². The maximum Gasteiger partial charge on any atom is 0.330 e. The van der Waals surface area contributed by atoms with Crippen LogP contribution in [-0.4, -0.2) is 24.8 Å². The number of hydrogen-bond donors (Lipinski definition) is 0. The molecule has 1 unspecified atom stereocenters. The highest BCUT2D eigenvalue weighted by molar-refractivity contribution is 6.09. The summed E-state index contributed by atoms with van der Waals surface area (Å²) in [5.74, 6) is 0. The number of amides is 2. The van der Waals surface area contributed by atoms with Gasteiger partial charge in [-0.05, 0) is 61.0 Å². The molecule has 0 saturated carbocycles. The molecule has 0 aromatic heterocycles. The molecule has 2 fully saturated rings. The van der Waals surface area contributed by atoms with Crippen LogP contribution in [0, 0.1) is 29.6 Å². The largest absolute Gasteiger partial charge is 0.376 e. The first-order valence-electron chi connectivity index (χ1n) is 10.4. The maximum atomic E-state index is 14.0.